The van der Waals surface area contributed by atoms with Crippen LogP contribution in [0.1, 0.15) is 45.6 Å². The van der Waals surface area contributed by atoms with Crippen molar-refractivity contribution in [3.8, 4) is 11.5 Å². The highest BCUT2D eigenvalue weighted by Crippen LogP contribution is 2.43. The molecule has 3 aromatic rings. The SMILES string of the molecule is Cc1c2c(cc3c1O/C(=C\C=C\c1ccccc1)C3=O)CN(C(C)c1ccccc1)CO2. The van der Waals surface area contributed by atoms with Crippen molar-refractivity contribution in [2.24, 2.45) is 0 Å². The number of Topliss-reactive ketones (excluding diaryl/α,β-unsaturated/α-hetero) is 1. The monoisotopic (exact) mass is 423 g/mol. The number of hydrogen-bond acceptors (Lipinski definition) is 4. The average Bonchev–Trinajstić information content (AvgIpc) is 3.15. The molecule has 5 rings (SSSR count). The molecule has 0 spiro atoms. The summed E-state index contributed by atoms with van der Waals surface area (Å²) >= 11 is 0. The van der Waals surface area contributed by atoms with Gasteiger partial charge in [-0.15, -0.1) is 0 Å². The smallest absolute Gasteiger partial charge is 0.231 e. The van der Waals surface area contributed by atoms with Gasteiger partial charge in [0.15, 0.2) is 5.76 Å². The summed E-state index contributed by atoms with van der Waals surface area (Å²) in [6.45, 7) is 5.36. The first-order valence-electron chi connectivity index (χ1n) is 10.9. The number of allylic oxidation sites excluding steroid dienone is 3. The van der Waals surface area contributed by atoms with Crippen LogP contribution < -0.4 is 9.47 Å². The molecular weight excluding hydrogens is 398 g/mol. The molecule has 0 N–H and O–H groups in total. The lowest BCUT2D eigenvalue weighted by Gasteiger charge is -2.34. The van der Waals surface area contributed by atoms with Gasteiger partial charge >= 0.3 is 0 Å². The highest BCUT2D eigenvalue weighted by atomic mass is 16.5. The van der Waals surface area contributed by atoms with Gasteiger partial charge in [-0.05, 0) is 37.1 Å². The fraction of sp³-hybridized carbons (Fsp3) is 0.179. The van der Waals surface area contributed by atoms with E-state index in [4.69, 9.17) is 9.47 Å². The molecule has 4 nitrogen and oxygen atoms in total. The quantitative estimate of drug-likeness (QED) is 0.477. The molecule has 0 bridgehead atoms. The molecule has 3 aromatic carbocycles. The second kappa shape index (κ2) is 8.48. The van der Waals surface area contributed by atoms with Gasteiger partial charge in [0.25, 0.3) is 0 Å². The second-order valence-corrected chi connectivity index (χ2v) is 8.21. The van der Waals surface area contributed by atoms with Gasteiger partial charge in [0, 0.05) is 23.7 Å². The third-order valence-electron chi connectivity index (χ3n) is 6.13. The van der Waals surface area contributed by atoms with Crippen molar-refractivity contribution < 1.29 is 14.3 Å². The van der Waals surface area contributed by atoms with Crippen molar-refractivity contribution in [2.75, 3.05) is 6.73 Å². The van der Waals surface area contributed by atoms with Crippen molar-refractivity contribution >= 4 is 11.9 Å². The topological polar surface area (TPSA) is 38.8 Å². The Morgan fingerprint density at radius 2 is 1.72 bits per heavy atom. The number of carbonyl (C=O) groups is 1. The summed E-state index contributed by atoms with van der Waals surface area (Å²) in [6.07, 6.45) is 5.54. The largest absolute Gasteiger partial charge is 0.477 e. The van der Waals surface area contributed by atoms with E-state index in [0.717, 1.165) is 29.0 Å². The van der Waals surface area contributed by atoms with E-state index in [2.05, 4.69) is 36.1 Å². The molecule has 160 valence electrons. The minimum Gasteiger partial charge on any atom is -0.477 e. The Labute approximate surface area is 188 Å². The number of fused-ring (bicyclic) bond motifs is 2. The van der Waals surface area contributed by atoms with Crippen LogP contribution in [0.15, 0.2) is 84.6 Å². The van der Waals surface area contributed by atoms with Crippen LogP contribution in [0, 0.1) is 6.92 Å². The zero-order valence-electron chi connectivity index (χ0n) is 18.2. The van der Waals surface area contributed by atoms with Crippen LogP contribution in [0.4, 0.5) is 0 Å². The summed E-state index contributed by atoms with van der Waals surface area (Å²) in [7, 11) is 0. The molecule has 32 heavy (non-hydrogen) atoms. The molecule has 2 heterocycles. The standard InChI is InChI=1S/C28H25NO3/c1-19-27-23(17-29(18-31-27)20(2)22-13-7-4-8-14-22)16-24-26(30)25(32-28(19)24)15-9-12-21-10-5-3-6-11-21/h3-16,20H,17-18H2,1-2H3/b12-9+,25-15-. The zero-order valence-corrected chi connectivity index (χ0v) is 18.2. The predicted molar refractivity (Wildman–Crippen MR) is 126 cm³/mol. The molecule has 0 aromatic heterocycles. The van der Waals surface area contributed by atoms with E-state index in [1.54, 1.807) is 6.08 Å². The Hall–Kier alpha value is -3.63. The lowest BCUT2D eigenvalue weighted by molar-refractivity contribution is 0.0609. The normalized spacial score (nSPS) is 17.7. The first kappa shape index (κ1) is 20.3. The van der Waals surface area contributed by atoms with E-state index in [1.165, 1.54) is 5.56 Å². The van der Waals surface area contributed by atoms with Crippen molar-refractivity contribution in [3.63, 3.8) is 0 Å². The van der Waals surface area contributed by atoms with Gasteiger partial charge in [0.2, 0.25) is 5.78 Å². The summed E-state index contributed by atoms with van der Waals surface area (Å²) in [4.78, 5) is 15.3. The van der Waals surface area contributed by atoms with Gasteiger partial charge in [-0.1, -0.05) is 72.8 Å². The predicted octanol–water partition coefficient (Wildman–Crippen LogP) is 6.08. The number of ether oxygens (including phenoxy) is 2. The van der Waals surface area contributed by atoms with E-state index in [0.29, 0.717) is 23.8 Å². The van der Waals surface area contributed by atoms with Crippen LogP contribution in [-0.4, -0.2) is 17.4 Å². The molecular formula is C28H25NO3. The van der Waals surface area contributed by atoms with Crippen LogP contribution in [-0.2, 0) is 6.54 Å². The number of hydrogen-bond donors (Lipinski definition) is 0. The van der Waals surface area contributed by atoms with Crippen molar-refractivity contribution in [1.29, 1.82) is 0 Å². The molecule has 0 aliphatic carbocycles. The molecule has 0 amide bonds. The summed E-state index contributed by atoms with van der Waals surface area (Å²) in [6, 6.07) is 22.5. The van der Waals surface area contributed by atoms with Gasteiger partial charge in [0.1, 0.15) is 18.2 Å². The highest BCUT2D eigenvalue weighted by molar-refractivity contribution is 6.13. The van der Waals surface area contributed by atoms with E-state index in [1.807, 2.05) is 61.5 Å². The molecule has 0 radical (unpaired) electrons. The van der Waals surface area contributed by atoms with Crippen LogP contribution in [0.3, 0.4) is 0 Å². The highest BCUT2D eigenvalue weighted by Gasteiger charge is 2.34. The van der Waals surface area contributed by atoms with Crippen LogP contribution >= 0.6 is 0 Å². The van der Waals surface area contributed by atoms with Gasteiger partial charge in [-0.2, -0.15) is 0 Å². The maximum Gasteiger partial charge on any atom is 0.231 e. The molecule has 2 aliphatic rings. The Morgan fingerprint density at radius 3 is 2.47 bits per heavy atom. The van der Waals surface area contributed by atoms with Gasteiger partial charge in [-0.25, -0.2) is 0 Å². The fourth-order valence-electron chi connectivity index (χ4n) is 4.28. The average molecular weight is 424 g/mol. The maximum absolute atomic E-state index is 13.0. The van der Waals surface area contributed by atoms with E-state index >= 15 is 0 Å². The molecule has 2 aliphatic heterocycles. The minimum absolute atomic E-state index is 0.0863. The van der Waals surface area contributed by atoms with Crippen LogP contribution in [0.25, 0.3) is 6.08 Å². The molecule has 1 unspecified atom stereocenters. The molecule has 4 heteroatoms. The summed E-state index contributed by atoms with van der Waals surface area (Å²) in [5.41, 5.74) is 4.83. The second-order valence-electron chi connectivity index (χ2n) is 8.21. The Kier molecular flexibility index (Phi) is 5.38. The van der Waals surface area contributed by atoms with E-state index in [9.17, 15) is 4.79 Å². The third kappa shape index (κ3) is 3.74. The fourth-order valence-corrected chi connectivity index (χ4v) is 4.28. The van der Waals surface area contributed by atoms with Crippen molar-refractivity contribution in [2.45, 2.75) is 26.4 Å². The number of ketones is 1. The molecule has 0 fully saturated rings. The molecule has 0 saturated heterocycles. The lowest BCUT2D eigenvalue weighted by Crippen LogP contribution is -2.34. The van der Waals surface area contributed by atoms with E-state index in [-0.39, 0.29) is 11.8 Å². The Bertz CT molecular complexity index is 1210. The minimum atomic E-state index is -0.0863. The van der Waals surface area contributed by atoms with E-state index < -0.39 is 0 Å². The van der Waals surface area contributed by atoms with Crippen molar-refractivity contribution in [3.05, 3.63) is 112 Å². The summed E-state index contributed by atoms with van der Waals surface area (Å²) < 4.78 is 12.1. The Balaban J connectivity index is 1.39. The van der Waals surface area contributed by atoms with Gasteiger partial charge < -0.3 is 9.47 Å². The van der Waals surface area contributed by atoms with Crippen LogP contribution in [0.5, 0.6) is 11.5 Å². The van der Waals surface area contributed by atoms with Gasteiger partial charge in [0.05, 0.1) is 5.56 Å². The third-order valence-corrected chi connectivity index (χ3v) is 6.13. The number of nitrogens with zero attached hydrogens (tertiary/aromatic N) is 1. The number of carbonyl (C=O) groups excluding carboxylic acids is 1. The van der Waals surface area contributed by atoms with Crippen molar-refractivity contribution in [1.82, 2.24) is 4.90 Å². The lowest BCUT2D eigenvalue weighted by atomic mass is 9.99. The molecule has 0 saturated carbocycles. The summed E-state index contributed by atoms with van der Waals surface area (Å²) in [5.74, 6) is 1.69. The first-order chi connectivity index (χ1) is 15.6. The van der Waals surface area contributed by atoms with Crippen LogP contribution in [0.2, 0.25) is 0 Å². The maximum atomic E-state index is 13.0. The number of benzene rings is 3. The zero-order chi connectivity index (χ0) is 22.1. The van der Waals surface area contributed by atoms with Gasteiger partial charge in [-0.3, -0.25) is 9.69 Å². The summed E-state index contributed by atoms with van der Waals surface area (Å²) in [5, 5.41) is 0. The molecule has 1 atom stereocenters. The number of rotatable bonds is 4. The first-order valence-corrected chi connectivity index (χ1v) is 10.9. The Morgan fingerprint density at radius 1 is 1.00 bits per heavy atom.